The van der Waals surface area contributed by atoms with E-state index in [1.807, 2.05) is 0 Å². The number of nitrogens with one attached hydrogen (secondary N) is 1. The van der Waals surface area contributed by atoms with E-state index in [1.165, 1.54) is 12.1 Å². The smallest absolute Gasteiger partial charge is 0.355 e. The van der Waals surface area contributed by atoms with Crippen molar-refractivity contribution in [1.82, 2.24) is 5.32 Å². The minimum Gasteiger partial charge on any atom is -0.355 e. The number of hydrogen-bond donors (Lipinski definition) is 1. The van der Waals surface area contributed by atoms with Gasteiger partial charge in [-0.25, -0.2) is 8.42 Å². The Morgan fingerprint density at radius 2 is 1.78 bits per heavy atom. The molecule has 1 unspecified atom stereocenters. The van der Waals surface area contributed by atoms with Gasteiger partial charge in [0.2, 0.25) is 5.91 Å². The zero-order valence-electron chi connectivity index (χ0n) is 14.3. The van der Waals surface area contributed by atoms with E-state index in [9.17, 15) is 26.4 Å². The molecule has 0 radical (unpaired) electrons. The van der Waals surface area contributed by atoms with Gasteiger partial charge in [0.1, 0.15) is 6.04 Å². The van der Waals surface area contributed by atoms with E-state index in [1.54, 1.807) is 25.1 Å². The number of carbonyl (C=O) groups is 1. The summed E-state index contributed by atoms with van der Waals surface area (Å²) < 4.78 is 67.4. The lowest BCUT2D eigenvalue weighted by Crippen LogP contribution is -2.48. The van der Waals surface area contributed by atoms with Crippen molar-refractivity contribution in [1.29, 1.82) is 0 Å². The first-order valence-corrected chi connectivity index (χ1v) is 9.68. The van der Waals surface area contributed by atoms with Gasteiger partial charge in [0, 0.05) is 13.0 Å². The second kappa shape index (κ2) is 6.88. The van der Waals surface area contributed by atoms with E-state index in [4.69, 9.17) is 0 Å². The first kappa shape index (κ1) is 19.2. The lowest BCUT2D eigenvalue weighted by atomic mass is 10.1. The molecule has 0 spiro atoms. The SMILES string of the molecule is CCNC(=O)C1Cc2ccccc2N1S(=O)(=O)c1ccccc1C(F)(F)F. The van der Waals surface area contributed by atoms with Gasteiger partial charge in [-0.15, -0.1) is 0 Å². The van der Waals surface area contributed by atoms with Crippen molar-refractivity contribution < 1.29 is 26.4 Å². The zero-order chi connectivity index (χ0) is 19.8. The van der Waals surface area contributed by atoms with Gasteiger partial charge in [-0.3, -0.25) is 9.10 Å². The number of para-hydroxylation sites is 1. The van der Waals surface area contributed by atoms with Gasteiger partial charge in [0.25, 0.3) is 10.0 Å². The molecule has 0 saturated heterocycles. The number of nitrogens with zero attached hydrogens (tertiary/aromatic N) is 1. The number of alkyl halides is 3. The summed E-state index contributed by atoms with van der Waals surface area (Å²) in [5.41, 5.74) is -0.462. The van der Waals surface area contributed by atoms with Crippen LogP contribution in [0.5, 0.6) is 0 Å². The highest BCUT2D eigenvalue weighted by atomic mass is 32.2. The Kier molecular flexibility index (Phi) is 4.90. The molecule has 2 aromatic rings. The molecule has 27 heavy (non-hydrogen) atoms. The lowest BCUT2D eigenvalue weighted by molar-refractivity contribution is -0.139. The number of benzene rings is 2. The first-order valence-electron chi connectivity index (χ1n) is 8.24. The predicted octanol–water partition coefficient (Wildman–Crippen LogP) is 2.96. The Bertz CT molecular complexity index is 974. The molecule has 1 heterocycles. The van der Waals surface area contributed by atoms with Crippen LogP contribution in [-0.2, 0) is 27.4 Å². The van der Waals surface area contributed by atoms with Gasteiger partial charge in [-0.05, 0) is 30.7 Å². The highest BCUT2D eigenvalue weighted by Gasteiger charge is 2.45. The van der Waals surface area contributed by atoms with Crippen molar-refractivity contribution in [2.75, 3.05) is 10.8 Å². The van der Waals surface area contributed by atoms with Gasteiger partial charge < -0.3 is 5.32 Å². The van der Waals surface area contributed by atoms with Crippen molar-refractivity contribution >= 4 is 21.6 Å². The number of hydrogen-bond acceptors (Lipinski definition) is 3. The molecule has 0 saturated carbocycles. The summed E-state index contributed by atoms with van der Waals surface area (Å²) in [6, 6.07) is 9.25. The van der Waals surface area contributed by atoms with Crippen LogP contribution in [0, 0.1) is 0 Å². The third-order valence-electron chi connectivity index (χ3n) is 4.31. The van der Waals surface area contributed by atoms with Crippen molar-refractivity contribution in [3.05, 3.63) is 59.7 Å². The van der Waals surface area contributed by atoms with E-state index < -0.39 is 38.6 Å². The Morgan fingerprint density at radius 3 is 2.44 bits per heavy atom. The number of sulfonamides is 1. The molecule has 5 nitrogen and oxygen atoms in total. The number of fused-ring (bicyclic) bond motifs is 1. The Morgan fingerprint density at radius 1 is 1.15 bits per heavy atom. The van der Waals surface area contributed by atoms with Crippen LogP contribution in [0.4, 0.5) is 18.9 Å². The summed E-state index contributed by atoms with van der Waals surface area (Å²) in [6.45, 7) is 1.95. The second-order valence-corrected chi connectivity index (χ2v) is 7.82. The molecular weight excluding hydrogens is 381 g/mol. The van der Waals surface area contributed by atoms with E-state index >= 15 is 0 Å². The van der Waals surface area contributed by atoms with E-state index in [-0.39, 0.29) is 18.7 Å². The molecule has 1 aliphatic rings. The third-order valence-corrected chi connectivity index (χ3v) is 6.19. The molecule has 1 atom stereocenters. The molecule has 2 aromatic carbocycles. The summed E-state index contributed by atoms with van der Waals surface area (Å²) >= 11 is 0. The van der Waals surface area contributed by atoms with Gasteiger partial charge >= 0.3 is 6.18 Å². The van der Waals surface area contributed by atoms with E-state index in [2.05, 4.69) is 5.32 Å². The van der Waals surface area contributed by atoms with Crippen LogP contribution < -0.4 is 9.62 Å². The maximum atomic E-state index is 13.4. The molecule has 1 amide bonds. The van der Waals surface area contributed by atoms with Crippen LogP contribution in [0.2, 0.25) is 0 Å². The normalized spacial score (nSPS) is 16.9. The first-order chi connectivity index (χ1) is 12.7. The summed E-state index contributed by atoms with van der Waals surface area (Å²) in [6.07, 6.45) is -4.75. The van der Waals surface area contributed by atoms with Gasteiger partial charge in [0.15, 0.2) is 0 Å². The molecule has 9 heteroatoms. The zero-order valence-corrected chi connectivity index (χ0v) is 15.1. The Labute approximate surface area is 154 Å². The summed E-state index contributed by atoms with van der Waals surface area (Å²) in [4.78, 5) is 11.6. The van der Waals surface area contributed by atoms with Gasteiger partial charge in [-0.2, -0.15) is 13.2 Å². The number of likely N-dealkylation sites (N-methyl/N-ethyl adjacent to an activating group) is 1. The summed E-state index contributed by atoms with van der Waals surface area (Å²) in [7, 11) is -4.63. The quantitative estimate of drug-likeness (QED) is 0.861. The highest BCUT2D eigenvalue weighted by molar-refractivity contribution is 7.93. The number of rotatable bonds is 4. The second-order valence-electron chi connectivity index (χ2n) is 6.04. The van der Waals surface area contributed by atoms with Crippen molar-refractivity contribution in [2.24, 2.45) is 0 Å². The maximum Gasteiger partial charge on any atom is 0.417 e. The van der Waals surface area contributed by atoms with Crippen LogP contribution in [0.15, 0.2) is 53.4 Å². The van der Waals surface area contributed by atoms with Crippen LogP contribution in [0.3, 0.4) is 0 Å². The van der Waals surface area contributed by atoms with Crippen LogP contribution in [0.1, 0.15) is 18.1 Å². The van der Waals surface area contributed by atoms with Crippen molar-refractivity contribution in [3.8, 4) is 0 Å². The summed E-state index contributed by atoms with van der Waals surface area (Å²) in [5, 5.41) is 2.55. The fourth-order valence-corrected chi connectivity index (χ4v) is 5.04. The minimum absolute atomic E-state index is 0.0927. The molecule has 0 fully saturated rings. The topological polar surface area (TPSA) is 66.5 Å². The fourth-order valence-electron chi connectivity index (χ4n) is 3.18. The molecular formula is C18H17F3N2O3S. The average Bonchev–Trinajstić information content (AvgIpc) is 3.01. The maximum absolute atomic E-state index is 13.4. The molecule has 0 bridgehead atoms. The van der Waals surface area contributed by atoms with Gasteiger partial charge in [0.05, 0.1) is 16.1 Å². The molecule has 144 valence electrons. The largest absolute Gasteiger partial charge is 0.417 e. The Hall–Kier alpha value is -2.55. The lowest BCUT2D eigenvalue weighted by Gasteiger charge is -2.27. The predicted molar refractivity (Wildman–Crippen MR) is 93.7 cm³/mol. The fraction of sp³-hybridized carbons (Fsp3) is 0.278. The number of amides is 1. The third kappa shape index (κ3) is 3.39. The van der Waals surface area contributed by atoms with Gasteiger partial charge in [-0.1, -0.05) is 30.3 Å². The molecule has 1 aliphatic heterocycles. The molecule has 0 aliphatic carbocycles. The standard InChI is InChI=1S/C18H17F3N2O3S/c1-2-22-17(24)15-11-12-7-3-5-9-14(12)23(15)27(25,26)16-10-6-4-8-13(16)18(19,20)21/h3-10,15H,2,11H2,1H3,(H,22,24). The van der Waals surface area contributed by atoms with Crippen molar-refractivity contribution in [2.45, 2.75) is 30.5 Å². The van der Waals surface area contributed by atoms with Crippen LogP contribution >= 0.6 is 0 Å². The van der Waals surface area contributed by atoms with Crippen molar-refractivity contribution in [3.63, 3.8) is 0 Å². The number of anilines is 1. The highest BCUT2D eigenvalue weighted by Crippen LogP contribution is 2.40. The van der Waals surface area contributed by atoms with Crippen LogP contribution in [0.25, 0.3) is 0 Å². The number of halogens is 3. The number of carbonyl (C=O) groups excluding carboxylic acids is 1. The van der Waals surface area contributed by atoms with Crippen LogP contribution in [-0.4, -0.2) is 26.9 Å². The van der Waals surface area contributed by atoms with E-state index in [0.717, 1.165) is 22.5 Å². The molecule has 1 N–H and O–H groups in total. The average molecular weight is 398 g/mol. The summed E-state index contributed by atoms with van der Waals surface area (Å²) in [5.74, 6) is -0.554. The van der Waals surface area contributed by atoms with E-state index in [0.29, 0.717) is 5.56 Å². The minimum atomic E-state index is -4.84. The molecule has 3 rings (SSSR count). The molecule has 0 aromatic heterocycles. The Balaban J connectivity index is 2.18. The monoisotopic (exact) mass is 398 g/mol.